The molecule has 1 aliphatic carbocycles. The van der Waals surface area contributed by atoms with E-state index in [2.05, 4.69) is 19.2 Å². The number of hydrogen-bond acceptors (Lipinski definition) is 5. The Labute approximate surface area is 202 Å². The lowest BCUT2D eigenvalue weighted by Crippen LogP contribution is -2.49. The van der Waals surface area contributed by atoms with E-state index >= 15 is 0 Å². The molecule has 1 aromatic rings. The fourth-order valence-electron chi connectivity index (χ4n) is 5.05. The lowest BCUT2D eigenvalue weighted by molar-refractivity contribution is -0.144. The molecule has 1 N–H and O–H groups in total. The van der Waals surface area contributed by atoms with Gasteiger partial charge in [0.2, 0.25) is 11.8 Å². The molecule has 8 heteroatoms. The second-order valence-corrected chi connectivity index (χ2v) is 10.2. The third-order valence-corrected chi connectivity index (χ3v) is 7.03. The molecule has 186 valence electrons. The van der Waals surface area contributed by atoms with Crippen molar-refractivity contribution in [3.8, 4) is 5.75 Å². The molecule has 2 unspecified atom stereocenters. The zero-order valence-electron chi connectivity index (χ0n) is 20.7. The Morgan fingerprint density at radius 2 is 1.82 bits per heavy atom. The van der Waals surface area contributed by atoms with Crippen molar-refractivity contribution in [2.45, 2.75) is 51.6 Å². The number of hydrogen-bond donors (Lipinski definition) is 1. The molecule has 3 fully saturated rings. The second kappa shape index (κ2) is 10.8. The quantitative estimate of drug-likeness (QED) is 0.659. The van der Waals surface area contributed by atoms with Crippen molar-refractivity contribution < 1.29 is 19.1 Å². The van der Waals surface area contributed by atoms with Crippen molar-refractivity contribution in [1.29, 1.82) is 0 Å². The maximum absolute atomic E-state index is 13.6. The van der Waals surface area contributed by atoms with Crippen molar-refractivity contribution in [2.75, 3.05) is 46.4 Å². The summed E-state index contributed by atoms with van der Waals surface area (Å²) in [4.78, 5) is 46.0. The summed E-state index contributed by atoms with van der Waals surface area (Å²) in [6.07, 6.45) is 3.20. The maximum Gasteiger partial charge on any atom is 0.254 e. The Bertz CT molecular complexity index is 875. The summed E-state index contributed by atoms with van der Waals surface area (Å²) in [5.74, 6) is 1.05. The van der Waals surface area contributed by atoms with Gasteiger partial charge in [-0.25, -0.2) is 0 Å². The summed E-state index contributed by atoms with van der Waals surface area (Å²) in [6.45, 7) is 8.22. The summed E-state index contributed by atoms with van der Waals surface area (Å²) in [5, 5.41) is 3.34. The van der Waals surface area contributed by atoms with E-state index in [0.717, 1.165) is 32.4 Å². The van der Waals surface area contributed by atoms with Gasteiger partial charge >= 0.3 is 0 Å². The molecule has 0 aromatic heterocycles. The van der Waals surface area contributed by atoms with Crippen LogP contribution in [0, 0.1) is 11.8 Å². The highest BCUT2D eigenvalue weighted by Gasteiger charge is 2.47. The SMILES string of the molecule is COc1ccc(C(=O)N(CC(C)C)C2CC(C(=O)N3CCCNCC3)N(C(=O)C3CC3)C2)cc1. The van der Waals surface area contributed by atoms with Gasteiger partial charge in [-0.2, -0.15) is 0 Å². The number of ether oxygens (including phenoxy) is 1. The van der Waals surface area contributed by atoms with Gasteiger partial charge in [-0.3, -0.25) is 14.4 Å². The summed E-state index contributed by atoms with van der Waals surface area (Å²) in [6, 6.07) is 6.47. The number of likely N-dealkylation sites (tertiary alicyclic amines) is 1. The zero-order chi connectivity index (χ0) is 24.2. The van der Waals surface area contributed by atoms with Crippen LogP contribution in [0.5, 0.6) is 5.75 Å². The average Bonchev–Trinajstić information content (AvgIpc) is 3.64. The topological polar surface area (TPSA) is 82.2 Å². The van der Waals surface area contributed by atoms with Gasteiger partial charge in [0.1, 0.15) is 11.8 Å². The van der Waals surface area contributed by atoms with E-state index in [1.807, 2.05) is 9.80 Å². The molecule has 2 atom stereocenters. The Morgan fingerprint density at radius 1 is 1.09 bits per heavy atom. The lowest BCUT2D eigenvalue weighted by Gasteiger charge is -2.31. The van der Waals surface area contributed by atoms with Crippen LogP contribution in [0.2, 0.25) is 0 Å². The summed E-state index contributed by atoms with van der Waals surface area (Å²) < 4.78 is 5.23. The van der Waals surface area contributed by atoms with Gasteiger partial charge in [0.25, 0.3) is 5.91 Å². The molecular weight excluding hydrogens is 432 g/mol. The predicted molar refractivity (Wildman–Crippen MR) is 130 cm³/mol. The van der Waals surface area contributed by atoms with Gasteiger partial charge in [-0.05, 0) is 62.4 Å². The van der Waals surface area contributed by atoms with Gasteiger partial charge in [0, 0.05) is 44.2 Å². The van der Waals surface area contributed by atoms with E-state index < -0.39 is 6.04 Å². The molecule has 2 saturated heterocycles. The fraction of sp³-hybridized carbons (Fsp3) is 0.654. The van der Waals surface area contributed by atoms with Crippen LogP contribution in [0.3, 0.4) is 0 Å². The number of benzene rings is 1. The first kappa shape index (κ1) is 24.5. The molecule has 1 aromatic carbocycles. The fourth-order valence-corrected chi connectivity index (χ4v) is 5.05. The molecule has 2 aliphatic heterocycles. The molecule has 0 spiro atoms. The van der Waals surface area contributed by atoms with Crippen molar-refractivity contribution in [1.82, 2.24) is 20.0 Å². The lowest BCUT2D eigenvalue weighted by atomic mass is 10.1. The first-order chi connectivity index (χ1) is 16.4. The first-order valence-corrected chi connectivity index (χ1v) is 12.6. The minimum atomic E-state index is -0.491. The van der Waals surface area contributed by atoms with Crippen LogP contribution in [0.15, 0.2) is 24.3 Å². The van der Waals surface area contributed by atoms with E-state index in [1.54, 1.807) is 36.3 Å². The highest BCUT2D eigenvalue weighted by atomic mass is 16.5. The van der Waals surface area contributed by atoms with Gasteiger partial charge < -0.3 is 24.8 Å². The number of nitrogens with one attached hydrogen (secondary N) is 1. The van der Waals surface area contributed by atoms with Crippen LogP contribution in [0.4, 0.5) is 0 Å². The van der Waals surface area contributed by atoms with Crippen molar-refractivity contribution >= 4 is 17.7 Å². The maximum atomic E-state index is 13.6. The van der Waals surface area contributed by atoms with E-state index in [-0.39, 0.29) is 35.6 Å². The average molecular weight is 471 g/mol. The van der Waals surface area contributed by atoms with Crippen LogP contribution in [-0.4, -0.2) is 90.9 Å². The monoisotopic (exact) mass is 470 g/mol. The molecule has 0 bridgehead atoms. The molecular formula is C26H38N4O4. The molecule has 3 amide bonds. The van der Waals surface area contributed by atoms with Crippen molar-refractivity contribution in [3.63, 3.8) is 0 Å². The molecule has 34 heavy (non-hydrogen) atoms. The number of methoxy groups -OCH3 is 1. The van der Waals surface area contributed by atoms with Crippen molar-refractivity contribution in [2.24, 2.45) is 11.8 Å². The Morgan fingerprint density at radius 3 is 2.47 bits per heavy atom. The summed E-state index contributed by atoms with van der Waals surface area (Å²) in [7, 11) is 1.60. The van der Waals surface area contributed by atoms with Gasteiger partial charge in [-0.15, -0.1) is 0 Å². The van der Waals surface area contributed by atoms with Gasteiger partial charge in [-0.1, -0.05) is 13.8 Å². The Kier molecular flexibility index (Phi) is 7.76. The number of amides is 3. The predicted octanol–water partition coefficient (Wildman–Crippen LogP) is 1.99. The molecule has 2 heterocycles. The number of nitrogens with zero attached hydrogens (tertiary/aromatic N) is 3. The number of carbonyl (C=O) groups is 3. The zero-order valence-corrected chi connectivity index (χ0v) is 20.7. The Balaban J connectivity index is 1.57. The van der Waals surface area contributed by atoms with Gasteiger partial charge in [0.05, 0.1) is 13.2 Å². The molecule has 4 rings (SSSR count). The van der Waals surface area contributed by atoms with Crippen LogP contribution >= 0.6 is 0 Å². The normalized spacial score (nSPS) is 23.1. The molecule has 0 radical (unpaired) electrons. The number of carbonyl (C=O) groups excluding carboxylic acids is 3. The molecule has 1 saturated carbocycles. The second-order valence-electron chi connectivity index (χ2n) is 10.2. The Hall–Kier alpha value is -2.61. The van der Waals surface area contributed by atoms with E-state index in [4.69, 9.17) is 4.74 Å². The third kappa shape index (κ3) is 5.54. The van der Waals surface area contributed by atoms with Crippen LogP contribution in [-0.2, 0) is 9.59 Å². The van der Waals surface area contributed by atoms with Gasteiger partial charge in [0.15, 0.2) is 0 Å². The molecule has 8 nitrogen and oxygen atoms in total. The van der Waals surface area contributed by atoms with E-state index in [9.17, 15) is 14.4 Å². The number of rotatable bonds is 7. The highest BCUT2D eigenvalue weighted by molar-refractivity contribution is 5.95. The van der Waals surface area contributed by atoms with Crippen LogP contribution in [0.1, 0.15) is 49.9 Å². The minimum Gasteiger partial charge on any atom is -0.497 e. The van der Waals surface area contributed by atoms with Crippen LogP contribution < -0.4 is 10.1 Å². The largest absolute Gasteiger partial charge is 0.497 e. The van der Waals surface area contributed by atoms with Crippen LogP contribution in [0.25, 0.3) is 0 Å². The molecule has 3 aliphatic rings. The minimum absolute atomic E-state index is 0.0293. The first-order valence-electron chi connectivity index (χ1n) is 12.6. The highest BCUT2D eigenvalue weighted by Crippen LogP contribution is 2.35. The van der Waals surface area contributed by atoms with E-state index in [1.165, 1.54) is 0 Å². The smallest absolute Gasteiger partial charge is 0.254 e. The van der Waals surface area contributed by atoms with Crippen molar-refractivity contribution in [3.05, 3.63) is 29.8 Å². The standard InChI is InChI=1S/C26H38N4O4/c1-18(2)16-29(24(31)20-7-9-22(34-3)10-8-20)21-15-23(30(17-21)25(32)19-5-6-19)26(33)28-13-4-11-27-12-14-28/h7-10,18-19,21,23,27H,4-6,11-17H2,1-3H3. The van der Waals surface area contributed by atoms with E-state index in [0.29, 0.717) is 43.9 Å². The summed E-state index contributed by atoms with van der Waals surface area (Å²) in [5.41, 5.74) is 0.592. The summed E-state index contributed by atoms with van der Waals surface area (Å²) >= 11 is 0. The third-order valence-electron chi connectivity index (χ3n) is 7.03.